The summed E-state index contributed by atoms with van der Waals surface area (Å²) in [5, 5.41) is 1.07. The quantitative estimate of drug-likeness (QED) is 0.612. The molecule has 0 radical (unpaired) electrons. The molecule has 0 unspecified atom stereocenters. The molecule has 2 saturated heterocycles. The molecule has 0 N–H and O–H groups in total. The lowest BCUT2D eigenvalue weighted by Gasteiger charge is -2.45. The number of nitrogens with zero attached hydrogens (tertiary/aromatic N) is 3. The van der Waals surface area contributed by atoms with Crippen molar-refractivity contribution in [3.63, 3.8) is 0 Å². The Morgan fingerprint density at radius 3 is 2.44 bits per heavy atom. The van der Waals surface area contributed by atoms with Crippen LogP contribution in [0.1, 0.15) is 12.8 Å². The highest BCUT2D eigenvalue weighted by molar-refractivity contribution is 7.89. The standard InChI is InChI=1S/C24H25N3O4S/c1-26-17-24(31-16-23(26)28)10-13-27(14-11-24)32(29,30)21-8-6-18(7-9-21)20-5-4-19-3-2-12-25-22(19)15-20/h2-9,12,15H,10-11,13-14,16-17H2,1H3. The summed E-state index contributed by atoms with van der Waals surface area (Å²) in [5.74, 6) is -0.0343. The number of rotatable bonds is 3. The summed E-state index contributed by atoms with van der Waals surface area (Å²) in [6.45, 7) is 1.33. The Kier molecular flexibility index (Phi) is 5.23. The topological polar surface area (TPSA) is 79.8 Å². The molecule has 7 nitrogen and oxygen atoms in total. The lowest BCUT2D eigenvalue weighted by atomic mass is 9.90. The van der Waals surface area contributed by atoms with Crippen LogP contribution in [0.5, 0.6) is 0 Å². The second-order valence-electron chi connectivity index (χ2n) is 8.56. The zero-order chi connectivity index (χ0) is 22.3. The van der Waals surface area contributed by atoms with Gasteiger partial charge in [-0.3, -0.25) is 9.78 Å². The predicted molar refractivity (Wildman–Crippen MR) is 121 cm³/mol. The number of likely N-dealkylation sites (N-methyl/N-ethyl adjacent to an activating group) is 1. The molecule has 0 aliphatic carbocycles. The first-order chi connectivity index (χ1) is 15.4. The van der Waals surface area contributed by atoms with Crippen LogP contribution in [0.15, 0.2) is 65.7 Å². The number of benzene rings is 2. The molecule has 1 spiro atoms. The van der Waals surface area contributed by atoms with Crippen molar-refractivity contribution in [3.8, 4) is 11.1 Å². The van der Waals surface area contributed by atoms with Gasteiger partial charge in [0, 0.05) is 38.3 Å². The minimum Gasteiger partial charge on any atom is -0.363 e. The molecule has 2 fully saturated rings. The maximum Gasteiger partial charge on any atom is 0.248 e. The normalized spacial score (nSPS) is 19.5. The molecule has 2 aliphatic heterocycles. The van der Waals surface area contributed by atoms with E-state index in [1.807, 2.05) is 42.5 Å². The van der Waals surface area contributed by atoms with Gasteiger partial charge in [-0.25, -0.2) is 8.42 Å². The zero-order valence-corrected chi connectivity index (χ0v) is 18.7. The third kappa shape index (κ3) is 3.79. The Bertz CT molecular complexity index is 1270. The van der Waals surface area contributed by atoms with Crippen LogP contribution in [-0.2, 0) is 19.6 Å². The summed E-state index contributed by atoms with van der Waals surface area (Å²) >= 11 is 0. The fraction of sp³-hybridized carbons (Fsp3) is 0.333. The van der Waals surface area contributed by atoms with Crippen molar-refractivity contribution in [2.24, 2.45) is 0 Å². The number of carbonyl (C=O) groups is 1. The number of sulfonamides is 1. The van der Waals surface area contributed by atoms with E-state index in [0.29, 0.717) is 32.5 Å². The van der Waals surface area contributed by atoms with E-state index in [2.05, 4.69) is 4.98 Å². The van der Waals surface area contributed by atoms with Crippen molar-refractivity contribution >= 4 is 26.8 Å². The van der Waals surface area contributed by atoms with E-state index < -0.39 is 15.6 Å². The number of morpholine rings is 1. The SMILES string of the molecule is CN1CC2(CCN(S(=O)(=O)c3ccc(-c4ccc5cccnc5c4)cc3)CC2)OCC1=O. The minimum atomic E-state index is -3.59. The van der Waals surface area contributed by atoms with Crippen LogP contribution >= 0.6 is 0 Å². The first-order valence-electron chi connectivity index (χ1n) is 10.7. The fourth-order valence-electron chi connectivity index (χ4n) is 4.54. The van der Waals surface area contributed by atoms with Gasteiger partial charge in [0.25, 0.3) is 0 Å². The molecule has 0 saturated carbocycles. The van der Waals surface area contributed by atoms with Crippen molar-refractivity contribution in [2.45, 2.75) is 23.3 Å². The third-order valence-corrected chi connectivity index (χ3v) is 8.43. The van der Waals surface area contributed by atoms with Crippen molar-refractivity contribution in [1.82, 2.24) is 14.2 Å². The van der Waals surface area contributed by atoms with E-state index in [-0.39, 0.29) is 17.4 Å². The van der Waals surface area contributed by atoms with Crippen LogP contribution in [0, 0.1) is 0 Å². The molecule has 166 valence electrons. The second-order valence-corrected chi connectivity index (χ2v) is 10.5. The van der Waals surface area contributed by atoms with Crippen molar-refractivity contribution in [1.29, 1.82) is 0 Å². The Balaban J connectivity index is 1.32. The highest BCUT2D eigenvalue weighted by Gasteiger charge is 2.43. The Labute approximate surface area is 187 Å². The first-order valence-corrected chi connectivity index (χ1v) is 12.1. The van der Waals surface area contributed by atoms with E-state index in [9.17, 15) is 13.2 Å². The van der Waals surface area contributed by atoms with E-state index >= 15 is 0 Å². The molecule has 1 aromatic heterocycles. The Hall–Kier alpha value is -2.81. The number of aromatic nitrogens is 1. The van der Waals surface area contributed by atoms with E-state index in [1.54, 1.807) is 30.3 Å². The highest BCUT2D eigenvalue weighted by Crippen LogP contribution is 2.33. The number of hydrogen-bond acceptors (Lipinski definition) is 5. The number of pyridine rings is 1. The molecule has 32 heavy (non-hydrogen) atoms. The van der Waals surface area contributed by atoms with Gasteiger partial charge in [0.05, 0.1) is 16.0 Å². The molecule has 0 atom stereocenters. The smallest absolute Gasteiger partial charge is 0.248 e. The molecular formula is C24H25N3O4S. The maximum absolute atomic E-state index is 13.2. The number of fused-ring (bicyclic) bond motifs is 1. The molecule has 3 aromatic rings. The molecule has 8 heteroatoms. The van der Waals surface area contributed by atoms with E-state index in [4.69, 9.17) is 4.74 Å². The molecule has 5 rings (SSSR count). The fourth-order valence-corrected chi connectivity index (χ4v) is 5.98. The number of piperidine rings is 1. The van der Waals surface area contributed by atoms with Crippen LogP contribution in [0.25, 0.3) is 22.0 Å². The summed E-state index contributed by atoms with van der Waals surface area (Å²) in [6.07, 6.45) is 2.91. The lowest BCUT2D eigenvalue weighted by Crippen LogP contribution is -2.58. The van der Waals surface area contributed by atoms with Crippen LogP contribution in [0.4, 0.5) is 0 Å². The maximum atomic E-state index is 13.2. The van der Waals surface area contributed by atoms with Crippen LogP contribution in [0.2, 0.25) is 0 Å². The molecule has 3 heterocycles. The Morgan fingerprint density at radius 1 is 1.00 bits per heavy atom. The summed E-state index contributed by atoms with van der Waals surface area (Å²) < 4.78 is 33.8. The van der Waals surface area contributed by atoms with Crippen LogP contribution < -0.4 is 0 Å². The zero-order valence-electron chi connectivity index (χ0n) is 17.9. The average molecular weight is 452 g/mol. The van der Waals surface area contributed by atoms with Crippen molar-refractivity contribution in [2.75, 3.05) is 33.3 Å². The predicted octanol–water partition coefficient (Wildman–Crippen LogP) is 2.91. The van der Waals surface area contributed by atoms with Gasteiger partial charge in [0.15, 0.2) is 0 Å². The monoisotopic (exact) mass is 451 g/mol. The molecule has 2 aromatic carbocycles. The van der Waals surface area contributed by atoms with E-state index in [1.165, 1.54) is 4.31 Å². The summed E-state index contributed by atoms with van der Waals surface area (Å²) in [4.78, 5) is 18.1. The molecule has 2 aliphatic rings. The number of hydrogen-bond donors (Lipinski definition) is 0. The molecule has 1 amide bonds. The van der Waals surface area contributed by atoms with Gasteiger partial charge in [-0.1, -0.05) is 30.3 Å². The van der Waals surface area contributed by atoms with Gasteiger partial charge in [0.2, 0.25) is 15.9 Å². The third-order valence-electron chi connectivity index (χ3n) is 6.52. The average Bonchev–Trinajstić information content (AvgIpc) is 2.82. The van der Waals surface area contributed by atoms with Crippen LogP contribution in [-0.4, -0.2) is 67.4 Å². The summed E-state index contributed by atoms with van der Waals surface area (Å²) in [7, 11) is -1.82. The van der Waals surface area contributed by atoms with Crippen molar-refractivity contribution in [3.05, 3.63) is 60.8 Å². The highest BCUT2D eigenvalue weighted by atomic mass is 32.2. The number of amides is 1. The number of ether oxygens (including phenoxy) is 1. The van der Waals surface area contributed by atoms with Gasteiger partial charge in [0.1, 0.15) is 6.61 Å². The van der Waals surface area contributed by atoms with Crippen LogP contribution in [0.3, 0.4) is 0 Å². The first kappa shape index (κ1) is 21.1. The lowest BCUT2D eigenvalue weighted by molar-refractivity contribution is -0.167. The van der Waals surface area contributed by atoms with Gasteiger partial charge in [-0.2, -0.15) is 4.31 Å². The minimum absolute atomic E-state index is 0.0343. The van der Waals surface area contributed by atoms with Crippen molar-refractivity contribution < 1.29 is 17.9 Å². The number of carbonyl (C=O) groups excluding carboxylic acids is 1. The molecular weight excluding hydrogens is 426 g/mol. The molecule has 0 bridgehead atoms. The van der Waals surface area contributed by atoms with E-state index in [0.717, 1.165) is 22.0 Å². The summed E-state index contributed by atoms with van der Waals surface area (Å²) in [5.41, 5.74) is 2.40. The van der Waals surface area contributed by atoms with Gasteiger partial charge in [-0.05, 0) is 48.2 Å². The van der Waals surface area contributed by atoms with Gasteiger partial charge in [-0.15, -0.1) is 0 Å². The van der Waals surface area contributed by atoms with Gasteiger partial charge < -0.3 is 9.64 Å². The largest absolute Gasteiger partial charge is 0.363 e. The summed E-state index contributed by atoms with van der Waals surface area (Å²) in [6, 6.07) is 17.0. The second kappa shape index (κ2) is 7.95. The van der Waals surface area contributed by atoms with Gasteiger partial charge >= 0.3 is 0 Å². The Morgan fingerprint density at radius 2 is 1.72 bits per heavy atom.